The van der Waals surface area contributed by atoms with Crippen molar-refractivity contribution in [3.63, 3.8) is 0 Å². The van der Waals surface area contributed by atoms with Crippen molar-refractivity contribution < 1.29 is 4.79 Å². The average Bonchev–Trinajstić information content (AvgIpc) is 2.74. The molecule has 1 aliphatic rings. The van der Waals surface area contributed by atoms with Crippen molar-refractivity contribution in [2.45, 2.75) is 31.8 Å². The van der Waals surface area contributed by atoms with E-state index in [2.05, 4.69) is 32.3 Å². The highest BCUT2D eigenvalue weighted by molar-refractivity contribution is 7.13. The highest BCUT2D eigenvalue weighted by Crippen LogP contribution is 2.49. The summed E-state index contributed by atoms with van der Waals surface area (Å²) in [6.07, 6.45) is 1.84. The lowest BCUT2D eigenvalue weighted by Crippen LogP contribution is -2.40. The first-order chi connectivity index (χ1) is 6.53. The van der Waals surface area contributed by atoms with Gasteiger partial charge in [-0.1, -0.05) is 16.3 Å². The summed E-state index contributed by atoms with van der Waals surface area (Å²) in [6.45, 7) is 2.15. The lowest BCUT2D eigenvalue weighted by Gasteiger charge is -2.18. The SMILES string of the molecule is CNNC1CC1(C)CC(NP)C(N)=O. The van der Waals surface area contributed by atoms with E-state index >= 15 is 0 Å². The number of carbonyl (C=O) groups is 1. The third-order valence-corrected chi connectivity index (χ3v) is 3.29. The van der Waals surface area contributed by atoms with E-state index in [0.29, 0.717) is 6.04 Å². The summed E-state index contributed by atoms with van der Waals surface area (Å²) >= 11 is 0. The molecule has 0 heterocycles. The van der Waals surface area contributed by atoms with Gasteiger partial charge in [0.15, 0.2) is 0 Å². The second-order valence-corrected chi connectivity index (χ2v) is 4.46. The molecule has 0 saturated heterocycles. The third kappa shape index (κ3) is 2.64. The van der Waals surface area contributed by atoms with Crippen LogP contribution in [0, 0.1) is 5.41 Å². The van der Waals surface area contributed by atoms with Crippen LogP contribution in [0.4, 0.5) is 0 Å². The average molecular weight is 218 g/mol. The van der Waals surface area contributed by atoms with E-state index in [1.165, 1.54) is 0 Å². The van der Waals surface area contributed by atoms with Gasteiger partial charge in [-0.2, -0.15) is 0 Å². The van der Waals surface area contributed by atoms with Crippen LogP contribution in [0.2, 0.25) is 0 Å². The molecule has 0 spiro atoms. The fourth-order valence-corrected chi connectivity index (χ4v) is 2.02. The molecule has 6 heteroatoms. The second kappa shape index (κ2) is 4.53. The number of nitrogens with one attached hydrogen (secondary N) is 3. The molecule has 5 N–H and O–H groups in total. The normalized spacial score (nSPS) is 32.6. The number of carbonyl (C=O) groups excluding carboxylic acids is 1. The molecular weight excluding hydrogens is 199 g/mol. The van der Waals surface area contributed by atoms with Gasteiger partial charge in [0.1, 0.15) is 0 Å². The first-order valence-corrected chi connectivity index (χ1v) is 5.29. The molecule has 1 aliphatic carbocycles. The molecule has 0 aromatic heterocycles. The maximum Gasteiger partial charge on any atom is 0.234 e. The Morgan fingerprint density at radius 2 is 2.43 bits per heavy atom. The summed E-state index contributed by atoms with van der Waals surface area (Å²) in [5, 5.41) is 2.85. The molecule has 82 valence electrons. The van der Waals surface area contributed by atoms with Gasteiger partial charge < -0.3 is 5.73 Å². The molecule has 1 rings (SSSR count). The minimum Gasteiger partial charge on any atom is -0.368 e. The molecule has 1 fully saturated rings. The van der Waals surface area contributed by atoms with E-state index in [4.69, 9.17) is 5.73 Å². The van der Waals surface area contributed by atoms with E-state index in [1.807, 2.05) is 7.05 Å². The predicted octanol–water partition coefficient (Wildman–Crippen LogP) is -0.887. The zero-order chi connectivity index (χ0) is 10.8. The molecule has 1 saturated carbocycles. The first-order valence-electron chi connectivity index (χ1n) is 4.71. The zero-order valence-corrected chi connectivity index (χ0v) is 9.79. The van der Waals surface area contributed by atoms with Crippen molar-refractivity contribution in [2.24, 2.45) is 11.1 Å². The van der Waals surface area contributed by atoms with Gasteiger partial charge >= 0.3 is 0 Å². The maximum atomic E-state index is 11.0. The van der Waals surface area contributed by atoms with Crippen LogP contribution >= 0.6 is 9.39 Å². The summed E-state index contributed by atoms with van der Waals surface area (Å²) in [5.41, 5.74) is 11.5. The molecule has 0 aliphatic heterocycles. The maximum absolute atomic E-state index is 11.0. The van der Waals surface area contributed by atoms with Crippen molar-refractivity contribution in [3.8, 4) is 0 Å². The van der Waals surface area contributed by atoms with E-state index < -0.39 is 0 Å². The first kappa shape index (κ1) is 11.9. The standard InChI is InChI=1S/C8H19N4OP/c1-8(4-6(8)11-10-2)3-5(12-14)7(9)13/h5-6,10-12H,3-4,14H2,1-2H3,(H2,9,13). The van der Waals surface area contributed by atoms with Crippen LogP contribution in [0.5, 0.6) is 0 Å². The number of hydrogen-bond donors (Lipinski definition) is 4. The van der Waals surface area contributed by atoms with Crippen molar-refractivity contribution >= 4 is 15.3 Å². The van der Waals surface area contributed by atoms with Crippen LogP contribution in [0.1, 0.15) is 19.8 Å². The monoisotopic (exact) mass is 218 g/mol. The van der Waals surface area contributed by atoms with Crippen molar-refractivity contribution in [1.29, 1.82) is 0 Å². The summed E-state index contributed by atoms with van der Waals surface area (Å²) in [7, 11) is 4.19. The lowest BCUT2D eigenvalue weighted by molar-refractivity contribution is -0.120. The fraction of sp³-hybridized carbons (Fsp3) is 0.875. The molecule has 4 unspecified atom stereocenters. The smallest absolute Gasteiger partial charge is 0.234 e. The van der Waals surface area contributed by atoms with Crippen LogP contribution in [0.25, 0.3) is 0 Å². The molecule has 0 radical (unpaired) electrons. The van der Waals surface area contributed by atoms with Gasteiger partial charge in [-0.05, 0) is 25.3 Å². The molecule has 4 atom stereocenters. The van der Waals surface area contributed by atoms with Gasteiger partial charge in [-0.15, -0.1) is 0 Å². The molecule has 0 aromatic carbocycles. The summed E-state index contributed by atoms with van der Waals surface area (Å²) in [6, 6.07) is 0.182. The summed E-state index contributed by atoms with van der Waals surface area (Å²) in [5.74, 6) is -0.295. The Morgan fingerprint density at radius 3 is 2.86 bits per heavy atom. The Morgan fingerprint density at radius 1 is 1.79 bits per heavy atom. The topological polar surface area (TPSA) is 79.2 Å². The number of amides is 1. The quantitative estimate of drug-likeness (QED) is 0.344. The third-order valence-electron chi connectivity index (χ3n) is 2.89. The Kier molecular flexibility index (Phi) is 3.84. The number of hydrogen-bond acceptors (Lipinski definition) is 4. The van der Waals surface area contributed by atoms with E-state index in [0.717, 1.165) is 12.8 Å². The minimum atomic E-state index is -0.295. The van der Waals surface area contributed by atoms with Crippen LogP contribution in [-0.2, 0) is 4.79 Å². The largest absolute Gasteiger partial charge is 0.368 e. The van der Waals surface area contributed by atoms with Gasteiger partial charge in [-0.3, -0.25) is 20.7 Å². The van der Waals surface area contributed by atoms with Gasteiger partial charge in [0.25, 0.3) is 0 Å². The van der Waals surface area contributed by atoms with Crippen LogP contribution < -0.4 is 21.7 Å². The fourth-order valence-electron chi connectivity index (χ4n) is 1.74. The molecular formula is C8H19N4OP. The van der Waals surface area contributed by atoms with Crippen LogP contribution in [-0.4, -0.2) is 25.0 Å². The van der Waals surface area contributed by atoms with Crippen molar-refractivity contribution in [1.82, 2.24) is 15.9 Å². The Bertz CT molecular complexity index is 225. The van der Waals surface area contributed by atoms with E-state index in [-0.39, 0.29) is 17.4 Å². The highest BCUT2D eigenvalue weighted by Gasteiger charge is 2.51. The number of rotatable bonds is 6. The molecule has 14 heavy (non-hydrogen) atoms. The van der Waals surface area contributed by atoms with Gasteiger partial charge in [0.05, 0.1) is 6.04 Å². The Balaban J connectivity index is 2.41. The van der Waals surface area contributed by atoms with Crippen LogP contribution in [0.15, 0.2) is 0 Å². The minimum absolute atomic E-state index is 0.173. The number of nitrogens with two attached hydrogens (primary N) is 1. The van der Waals surface area contributed by atoms with Gasteiger partial charge in [0, 0.05) is 6.04 Å². The number of hydrazine groups is 1. The Labute approximate surface area is 86.8 Å². The molecule has 0 aromatic rings. The highest BCUT2D eigenvalue weighted by atomic mass is 31.0. The van der Waals surface area contributed by atoms with E-state index in [9.17, 15) is 4.79 Å². The zero-order valence-electron chi connectivity index (χ0n) is 8.63. The van der Waals surface area contributed by atoms with Gasteiger partial charge in [0.2, 0.25) is 5.91 Å². The predicted molar refractivity (Wildman–Crippen MR) is 59.2 cm³/mol. The van der Waals surface area contributed by atoms with E-state index in [1.54, 1.807) is 0 Å². The number of primary amides is 1. The summed E-state index contributed by atoms with van der Waals surface area (Å²) < 4.78 is 0. The van der Waals surface area contributed by atoms with Crippen molar-refractivity contribution in [2.75, 3.05) is 7.05 Å². The molecule has 1 amide bonds. The molecule has 5 nitrogen and oxygen atoms in total. The molecule has 0 bridgehead atoms. The van der Waals surface area contributed by atoms with Crippen LogP contribution in [0.3, 0.4) is 0 Å². The Hall–Kier alpha value is -0.220. The lowest BCUT2D eigenvalue weighted by atomic mass is 9.98. The summed E-state index contributed by atoms with van der Waals surface area (Å²) in [4.78, 5) is 11.0. The second-order valence-electron chi connectivity index (χ2n) is 4.13. The van der Waals surface area contributed by atoms with Gasteiger partial charge in [-0.25, -0.2) is 0 Å². The van der Waals surface area contributed by atoms with Crippen molar-refractivity contribution in [3.05, 3.63) is 0 Å².